The van der Waals surface area contributed by atoms with Gasteiger partial charge in [0, 0.05) is 5.69 Å². The molecule has 2 unspecified atom stereocenters. The largest absolute Gasteiger partial charge is 0.481 e. The smallest absolute Gasteiger partial charge is 0.311 e. The fourth-order valence-corrected chi connectivity index (χ4v) is 2.82. The Bertz CT molecular complexity index is 745. The number of carbonyl (C=O) groups excluding carboxylic acids is 1. The normalized spacial score (nSPS) is 19.5. The summed E-state index contributed by atoms with van der Waals surface area (Å²) in [7, 11) is 0. The van der Waals surface area contributed by atoms with E-state index in [1.165, 1.54) is 6.33 Å². The number of nitrogens with one attached hydrogen (secondary N) is 1. The monoisotopic (exact) mass is 297 g/mol. The van der Waals surface area contributed by atoms with Gasteiger partial charge in [-0.2, -0.15) is 0 Å². The molecule has 1 amide bonds. The van der Waals surface area contributed by atoms with Gasteiger partial charge in [0.05, 0.1) is 12.0 Å². The second kappa shape index (κ2) is 5.55. The first-order chi connectivity index (χ1) is 10.6. The van der Waals surface area contributed by atoms with Crippen molar-refractivity contribution in [3.63, 3.8) is 0 Å². The lowest BCUT2D eigenvalue weighted by atomic mass is 10.0. The molecule has 2 atom stereocenters. The molecule has 0 fully saturated rings. The quantitative estimate of drug-likeness (QED) is 0.901. The number of nitrogens with zero attached hydrogens (tertiary/aromatic N) is 2. The molecule has 6 heteroatoms. The third-order valence-corrected chi connectivity index (χ3v) is 3.86. The Morgan fingerprint density at radius 3 is 2.64 bits per heavy atom. The third-order valence-electron chi connectivity index (χ3n) is 3.86. The molecule has 2 aromatic rings. The van der Waals surface area contributed by atoms with E-state index >= 15 is 0 Å². The Morgan fingerprint density at radius 1 is 1.23 bits per heavy atom. The predicted molar refractivity (Wildman–Crippen MR) is 78.4 cm³/mol. The standard InChI is InChI=1S/C16H15N3O3/c1-9-6-14(18-8-17-9)15(20)19-13-7-12(16(21)22)10-4-2-3-5-11(10)13/h2-6,8,12-13H,7H2,1H3,(H,19,20)(H,21,22). The first-order valence-corrected chi connectivity index (χ1v) is 6.97. The van der Waals surface area contributed by atoms with Gasteiger partial charge in [-0.15, -0.1) is 0 Å². The van der Waals surface area contributed by atoms with Crippen LogP contribution in [-0.4, -0.2) is 27.0 Å². The zero-order valence-electron chi connectivity index (χ0n) is 12.0. The molecule has 0 saturated carbocycles. The summed E-state index contributed by atoms with van der Waals surface area (Å²) >= 11 is 0. The fraction of sp³-hybridized carbons (Fsp3) is 0.250. The maximum Gasteiger partial charge on any atom is 0.311 e. The van der Waals surface area contributed by atoms with E-state index in [0.717, 1.165) is 11.1 Å². The van der Waals surface area contributed by atoms with Gasteiger partial charge < -0.3 is 10.4 Å². The number of fused-ring (bicyclic) bond motifs is 1. The van der Waals surface area contributed by atoms with Crippen LogP contribution in [0.1, 0.15) is 45.7 Å². The van der Waals surface area contributed by atoms with Crippen LogP contribution in [0.2, 0.25) is 0 Å². The number of aliphatic carboxylic acids is 1. The van der Waals surface area contributed by atoms with Crippen molar-refractivity contribution in [2.75, 3.05) is 0 Å². The van der Waals surface area contributed by atoms with E-state index in [0.29, 0.717) is 12.1 Å². The number of benzene rings is 1. The van der Waals surface area contributed by atoms with Crippen molar-refractivity contribution in [3.05, 3.63) is 59.2 Å². The lowest BCUT2D eigenvalue weighted by Gasteiger charge is -2.13. The molecule has 2 N–H and O–H groups in total. The van der Waals surface area contributed by atoms with Crippen molar-refractivity contribution in [2.45, 2.75) is 25.3 Å². The lowest BCUT2D eigenvalue weighted by Crippen LogP contribution is -2.28. The van der Waals surface area contributed by atoms with E-state index in [1.54, 1.807) is 19.1 Å². The summed E-state index contributed by atoms with van der Waals surface area (Å²) in [5.41, 5.74) is 2.60. The van der Waals surface area contributed by atoms with Crippen LogP contribution in [0.5, 0.6) is 0 Å². The second-order valence-corrected chi connectivity index (χ2v) is 5.33. The summed E-state index contributed by atoms with van der Waals surface area (Å²) in [5.74, 6) is -1.79. The van der Waals surface area contributed by atoms with Gasteiger partial charge in [-0.3, -0.25) is 9.59 Å². The summed E-state index contributed by atoms with van der Waals surface area (Å²) in [6, 6.07) is 8.60. The summed E-state index contributed by atoms with van der Waals surface area (Å²) in [4.78, 5) is 31.6. The molecule has 22 heavy (non-hydrogen) atoms. The van der Waals surface area contributed by atoms with Crippen molar-refractivity contribution < 1.29 is 14.7 Å². The summed E-state index contributed by atoms with van der Waals surface area (Å²) in [6.07, 6.45) is 1.69. The van der Waals surface area contributed by atoms with Gasteiger partial charge in [-0.25, -0.2) is 9.97 Å². The Balaban J connectivity index is 1.85. The number of carboxylic acid groups (broad SMARTS) is 1. The van der Waals surface area contributed by atoms with Crippen molar-refractivity contribution in [3.8, 4) is 0 Å². The molecular weight excluding hydrogens is 282 g/mol. The highest BCUT2D eigenvalue weighted by molar-refractivity contribution is 5.93. The van der Waals surface area contributed by atoms with Crippen LogP contribution in [0.25, 0.3) is 0 Å². The van der Waals surface area contributed by atoms with E-state index in [1.807, 2.05) is 18.2 Å². The third kappa shape index (κ3) is 2.55. The highest BCUT2D eigenvalue weighted by Crippen LogP contribution is 2.40. The maximum absolute atomic E-state index is 12.3. The number of rotatable bonds is 3. The second-order valence-electron chi connectivity index (χ2n) is 5.33. The van der Waals surface area contributed by atoms with Crippen LogP contribution in [0.3, 0.4) is 0 Å². The van der Waals surface area contributed by atoms with E-state index in [4.69, 9.17) is 0 Å². The first kappa shape index (κ1) is 14.2. The van der Waals surface area contributed by atoms with E-state index < -0.39 is 11.9 Å². The highest BCUT2D eigenvalue weighted by Gasteiger charge is 2.36. The van der Waals surface area contributed by atoms with E-state index in [-0.39, 0.29) is 17.6 Å². The van der Waals surface area contributed by atoms with Crippen LogP contribution in [0, 0.1) is 6.92 Å². The minimum Gasteiger partial charge on any atom is -0.481 e. The number of amides is 1. The Hall–Kier alpha value is -2.76. The van der Waals surface area contributed by atoms with Gasteiger partial charge in [0.2, 0.25) is 0 Å². The van der Waals surface area contributed by atoms with Gasteiger partial charge in [0.25, 0.3) is 5.91 Å². The Kier molecular flexibility index (Phi) is 3.58. The molecule has 0 aliphatic heterocycles. The molecule has 1 aromatic carbocycles. The lowest BCUT2D eigenvalue weighted by molar-refractivity contribution is -0.138. The summed E-state index contributed by atoms with van der Waals surface area (Å²) in [5, 5.41) is 12.2. The molecule has 0 bridgehead atoms. The average molecular weight is 297 g/mol. The van der Waals surface area contributed by atoms with Crippen molar-refractivity contribution >= 4 is 11.9 Å². The van der Waals surface area contributed by atoms with E-state index in [9.17, 15) is 14.7 Å². The molecule has 1 heterocycles. The fourth-order valence-electron chi connectivity index (χ4n) is 2.82. The number of aryl methyl sites for hydroxylation is 1. The Morgan fingerprint density at radius 2 is 1.95 bits per heavy atom. The maximum atomic E-state index is 12.3. The van der Waals surface area contributed by atoms with Crippen LogP contribution in [-0.2, 0) is 4.79 Å². The molecule has 0 saturated heterocycles. The summed E-state index contributed by atoms with van der Waals surface area (Å²) < 4.78 is 0. The molecule has 112 valence electrons. The van der Waals surface area contributed by atoms with Crippen molar-refractivity contribution in [2.24, 2.45) is 0 Å². The number of hydrogen-bond acceptors (Lipinski definition) is 4. The number of carboxylic acids is 1. The number of aromatic nitrogens is 2. The molecular formula is C16H15N3O3. The minimum absolute atomic E-state index is 0.281. The van der Waals surface area contributed by atoms with Crippen LogP contribution in [0.15, 0.2) is 36.7 Å². The van der Waals surface area contributed by atoms with Crippen LogP contribution >= 0.6 is 0 Å². The van der Waals surface area contributed by atoms with Gasteiger partial charge in [0.15, 0.2) is 0 Å². The topological polar surface area (TPSA) is 92.2 Å². The molecule has 1 aliphatic rings. The predicted octanol–water partition coefficient (Wildman–Crippen LogP) is 1.83. The summed E-state index contributed by atoms with van der Waals surface area (Å²) in [6.45, 7) is 1.78. The first-order valence-electron chi connectivity index (χ1n) is 6.97. The van der Waals surface area contributed by atoms with Gasteiger partial charge in [-0.05, 0) is 30.5 Å². The number of carbonyl (C=O) groups is 2. The van der Waals surface area contributed by atoms with Crippen molar-refractivity contribution in [1.29, 1.82) is 0 Å². The zero-order chi connectivity index (χ0) is 15.7. The minimum atomic E-state index is -0.873. The van der Waals surface area contributed by atoms with Gasteiger partial charge in [-0.1, -0.05) is 24.3 Å². The SMILES string of the molecule is Cc1cc(C(=O)NC2CC(C(=O)O)c3ccccc32)ncn1. The molecule has 0 spiro atoms. The molecule has 0 radical (unpaired) electrons. The van der Waals surface area contributed by atoms with Gasteiger partial charge in [0.1, 0.15) is 12.0 Å². The molecule has 6 nitrogen and oxygen atoms in total. The molecule has 1 aliphatic carbocycles. The van der Waals surface area contributed by atoms with Crippen LogP contribution in [0.4, 0.5) is 0 Å². The van der Waals surface area contributed by atoms with E-state index in [2.05, 4.69) is 15.3 Å². The van der Waals surface area contributed by atoms with Crippen LogP contribution < -0.4 is 5.32 Å². The average Bonchev–Trinajstić information content (AvgIpc) is 2.86. The van der Waals surface area contributed by atoms with Gasteiger partial charge >= 0.3 is 5.97 Å². The van der Waals surface area contributed by atoms with Crippen molar-refractivity contribution in [1.82, 2.24) is 15.3 Å². The zero-order valence-corrected chi connectivity index (χ0v) is 12.0. The number of hydrogen-bond donors (Lipinski definition) is 2. The molecule has 1 aromatic heterocycles. The highest BCUT2D eigenvalue weighted by atomic mass is 16.4. The Labute approximate surface area is 127 Å². The molecule has 3 rings (SSSR count).